The number of fused-ring (bicyclic) bond motifs is 1. The molecule has 6 nitrogen and oxygen atoms in total. The predicted molar refractivity (Wildman–Crippen MR) is 107 cm³/mol. The lowest BCUT2D eigenvalue weighted by Gasteiger charge is -2.32. The second-order valence-corrected chi connectivity index (χ2v) is 6.63. The fourth-order valence-corrected chi connectivity index (χ4v) is 3.20. The van der Waals surface area contributed by atoms with E-state index in [1.807, 2.05) is 60.7 Å². The lowest BCUT2D eigenvalue weighted by molar-refractivity contribution is -0.131. The summed E-state index contributed by atoms with van der Waals surface area (Å²) >= 11 is 0. The molecule has 1 atom stereocenters. The molecule has 0 radical (unpaired) electrons. The third kappa shape index (κ3) is 4.85. The number of carbonyl (C=O) groups excluding carboxylic acids is 3. The zero-order valence-corrected chi connectivity index (χ0v) is 15.7. The van der Waals surface area contributed by atoms with Crippen molar-refractivity contribution in [2.45, 2.75) is 25.9 Å². The topological polar surface area (TPSA) is 78.5 Å². The fourth-order valence-electron chi connectivity index (χ4n) is 3.20. The second kappa shape index (κ2) is 8.99. The van der Waals surface area contributed by atoms with E-state index in [-0.39, 0.29) is 36.7 Å². The Balaban J connectivity index is 1.55. The standard InChI is InChI=1S/C22H23N3O3/c1-16(26)25-12-11-18-9-5-6-10-19(18)20(25)13-21(27)24-15-22(28)23-14-17-7-3-2-4-8-17/h2-12,20H,13-15H2,1H3,(H,23,28)(H,24,27). The van der Waals surface area contributed by atoms with E-state index in [0.29, 0.717) is 6.54 Å². The quantitative estimate of drug-likeness (QED) is 0.811. The maximum absolute atomic E-state index is 12.4. The number of benzene rings is 2. The van der Waals surface area contributed by atoms with Gasteiger partial charge in [0, 0.05) is 19.7 Å². The monoisotopic (exact) mass is 377 g/mol. The first-order chi connectivity index (χ1) is 13.5. The summed E-state index contributed by atoms with van der Waals surface area (Å²) in [4.78, 5) is 37.9. The molecule has 2 N–H and O–H groups in total. The third-order valence-electron chi connectivity index (χ3n) is 4.63. The van der Waals surface area contributed by atoms with Crippen LogP contribution in [0.2, 0.25) is 0 Å². The van der Waals surface area contributed by atoms with E-state index in [1.54, 1.807) is 11.1 Å². The van der Waals surface area contributed by atoms with Gasteiger partial charge in [-0.15, -0.1) is 0 Å². The Morgan fingerprint density at radius 1 is 0.929 bits per heavy atom. The molecule has 0 saturated heterocycles. The van der Waals surface area contributed by atoms with Crippen molar-refractivity contribution in [2.75, 3.05) is 6.54 Å². The van der Waals surface area contributed by atoms with Crippen molar-refractivity contribution in [3.05, 3.63) is 77.5 Å². The molecule has 6 heteroatoms. The van der Waals surface area contributed by atoms with Crippen molar-refractivity contribution in [1.29, 1.82) is 0 Å². The van der Waals surface area contributed by atoms with Gasteiger partial charge in [0.15, 0.2) is 0 Å². The molecule has 1 aliphatic heterocycles. The minimum absolute atomic E-state index is 0.0902. The Morgan fingerprint density at radius 3 is 2.39 bits per heavy atom. The van der Waals surface area contributed by atoms with Crippen LogP contribution in [0, 0.1) is 0 Å². The van der Waals surface area contributed by atoms with Crippen LogP contribution in [0.3, 0.4) is 0 Å². The van der Waals surface area contributed by atoms with Crippen molar-refractivity contribution in [3.8, 4) is 0 Å². The average Bonchev–Trinajstić information content (AvgIpc) is 2.71. The van der Waals surface area contributed by atoms with E-state index in [9.17, 15) is 14.4 Å². The Kier molecular flexibility index (Phi) is 6.22. The predicted octanol–water partition coefficient (Wildman–Crippen LogP) is 2.38. The first-order valence-electron chi connectivity index (χ1n) is 9.18. The molecule has 144 valence electrons. The summed E-state index contributed by atoms with van der Waals surface area (Å²) in [6.45, 7) is 1.78. The number of nitrogens with zero attached hydrogens (tertiary/aromatic N) is 1. The minimum atomic E-state index is -0.383. The van der Waals surface area contributed by atoms with Gasteiger partial charge in [-0.1, -0.05) is 54.6 Å². The zero-order valence-electron chi connectivity index (χ0n) is 15.7. The van der Waals surface area contributed by atoms with E-state index < -0.39 is 0 Å². The SMILES string of the molecule is CC(=O)N1C=Cc2ccccc2C1CC(=O)NCC(=O)NCc1ccccc1. The number of rotatable bonds is 6. The third-order valence-corrected chi connectivity index (χ3v) is 4.63. The molecule has 1 aliphatic rings. The highest BCUT2D eigenvalue weighted by Gasteiger charge is 2.28. The van der Waals surface area contributed by atoms with E-state index in [4.69, 9.17) is 0 Å². The van der Waals surface area contributed by atoms with Gasteiger partial charge in [0.25, 0.3) is 0 Å². The van der Waals surface area contributed by atoms with E-state index in [2.05, 4.69) is 10.6 Å². The van der Waals surface area contributed by atoms with Crippen molar-refractivity contribution in [2.24, 2.45) is 0 Å². The van der Waals surface area contributed by atoms with Crippen LogP contribution in [-0.2, 0) is 20.9 Å². The molecule has 2 aromatic carbocycles. The van der Waals surface area contributed by atoms with Crippen LogP contribution in [0.4, 0.5) is 0 Å². The number of nitrogens with one attached hydrogen (secondary N) is 2. The summed E-state index contributed by atoms with van der Waals surface area (Å²) in [5.41, 5.74) is 2.90. The summed E-state index contributed by atoms with van der Waals surface area (Å²) in [6, 6.07) is 16.8. The maximum Gasteiger partial charge on any atom is 0.239 e. The second-order valence-electron chi connectivity index (χ2n) is 6.63. The van der Waals surface area contributed by atoms with Gasteiger partial charge in [-0.2, -0.15) is 0 Å². The fraction of sp³-hybridized carbons (Fsp3) is 0.227. The van der Waals surface area contributed by atoms with Gasteiger partial charge in [0.1, 0.15) is 0 Å². The maximum atomic E-state index is 12.4. The molecule has 0 fully saturated rings. The summed E-state index contributed by atoms with van der Waals surface area (Å²) < 4.78 is 0. The zero-order chi connectivity index (χ0) is 19.9. The molecule has 1 unspecified atom stereocenters. The first-order valence-corrected chi connectivity index (χ1v) is 9.18. The van der Waals surface area contributed by atoms with Crippen LogP contribution in [0.5, 0.6) is 0 Å². The molecule has 3 rings (SSSR count). The van der Waals surface area contributed by atoms with Crippen LogP contribution in [0.25, 0.3) is 6.08 Å². The lowest BCUT2D eigenvalue weighted by atomic mass is 9.93. The number of hydrogen-bond donors (Lipinski definition) is 2. The average molecular weight is 377 g/mol. The van der Waals surface area contributed by atoms with Gasteiger partial charge in [0.2, 0.25) is 17.7 Å². The molecule has 0 aromatic heterocycles. The molecule has 0 spiro atoms. The summed E-state index contributed by atoms with van der Waals surface area (Å²) in [5, 5.41) is 5.41. The van der Waals surface area contributed by atoms with Gasteiger partial charge < -0.3 is 15.5 Å². The highest BCUT2D eigenvalue weighted by atomic mass is 16.2. The van der Waals surface area contributed by atoms with Gasteiger partial charge in [-0.3, -0.25) is 14.4 Å². The Hall–Kier alpha value is -3.41. The van der Waals surface area contributed by atoms with Gasteiger partial charge in [0.05, 0.1) is 19.0 Å². The van der Waals surface area contributed by atoms with Crippen LogP contribution in [0.1, 0.15) is 36.1 Å². The Morgan fingerprint density at radius 2 is 1.64 bits per heavy atom. The van der Waals surface area contributed by atoms with Gasteiger partial charge >= 0.3 is 0 Å². The first kappa shape index (κ1) is 19.4. The van der Waals surface area contributed by atoms with E-state index in [1.165, 1.54) is 6.92 Å². The molecule has 0 bridgehead atoms. The van der Waals surface area contributed by atoms with Crippen LogP contribution in [-0.4, -0.2) is 29.2 Å². The smallest absolute Gasteiger partial charge is 0.239 e. The molecule has 28 heavy (non-hydrogen) atoms. The molecule has 1 heterocycles. The summed E-state index contributed by atoms with van der Waals surface area (Å²) in [7, 11) is 0. The van der Waals surface area contributed by atoms with Crippen LogP contribution < -0.4 is 10.6 Å². The van der Waals surface area contributed by atoms with E-state index >= 15 is 0 Å². The van der Waals surface area contributed by atoms with Crippen LogP contribution >= 0.6 is 0 Å². The van der Waals surface area contributed by atoms with Gasteiger partial charge in [-0.05, 0) is 22.8 Å². The summed E-state index contributed by atoms with van der Waals surface area (Å²) in [5.74, 6) is -0.676. The van der Waals surface area contributed by atoms with Crippen molar-refractivity contribution in [3.63, 3.8) is 0 Å². The normalized spacial score (nSPS) is 14.9. The van der Waals surface area contributed by atoms with E-state index in [0.717, 1.165) is 16.7 Å². The highest BCUT2D eigenvalue weighted by Crippen LogP contribution is 2.32. The largest absolute Gasteiger partial charge is 0.350 e. The number of amides is 3. The number of carbonyl (C=O) groups is 3. The van der Waals surface area contributed by atoms with Gasteiger partial charge in [-0.25, -0.2) is 0 Å². The molecular formula is C22H23N3O3. The molecule has 0 saturated carbocycles. The lowest BCUT2D eigenvalue weighted by Crippen LogP contribution is -2.39. The minimum Gasteiger partial charge on any atom is -0.350 e. The van der Waals surface area contributed by atoms with Crippen molar-refractivity contribution < 1.29 is 14.4 Å². The Bertz CT molecular complexity index is 893. The molecule has 0 aliphatic carbocycles. The Labute approximate surface area is 164 Å². The van der Waals surface area contributed by atoms with Crippen molar-refractivity contribution >= 4 is 23.8 Å². The van der Waals surface area contributed by atoms with Crippen LogP contribution in [0.15, 0.2) is 60.8 Å². The molecule has 2 aromatic rings. The summed E-state index contributed by atoms with van der Waals surface area (Å²) in [6.07, 6.45) is 3.66. The highest BCUT2D eigenvalue weighted by molar-refractivity contribution is 5.86. The molecular weight excluding hydrogens is 354 g/mol. The van der Waals surface area contributed by atoms with Crippen molar-refractivity contribution in [1.82, 2.24) is 15.5 Å². The molecule has 3 amide bonds. The number of hydrogen-bond acceptors (Lipinski definition) is 3.